The molecule has 1 N–H and O–H groups in total. The summed E-state index contributed by atoms with van der Waals surface area (Å²) in [5, 5.41) is 9.36. The van der Waals surface area contributed by atoms with Crippen LogP contribution in [0.25, 0.3) is 17.2 Å². The second-order valence-corrected chi connectivity index (χ2v) is 5.28. The zero-order valence-electron chi connectivity index (χ0n) is 14.1. The molecule has 6 nitrogen and oxygen atoms in total. The Morgan fingerprint density at radius 3 is 2.50 bits per heavy atom. The number of ether oxygens (including phenoxy) is 2. The number of nitrogens with zero attached hydrogens (tertiary/aromatic N) is 2. The molecule has 0 atom stereocenters. The quantitative estimate of drug-likeness (QED) is 0.913. The molecule has 6 heteroatoms. The maximum atomic E-state index is 12.0. The molecule has 0 unspecified atom stereocenters. The lowest BCUT2D eigenvalue weighted by Crippen LogP contribution is -2.12. The molecule has 0 radical (unpaired) electrons. The van der Waals surface area contributed by atoms with Gasteiger partial charge in [0, 0.05) is 31.4 Å². The first-order chi connectivity index (χ1) is 11.5. The summed E-state index contributed by atoms with van der Waals surface area (Å²) in [5.74, 6) is 1.18. The Kier molecular flexibility index (Phi) is 5.27. The van der Waals surface area contributed by atoms with E-state index in [1.165, 1.54) is 0 Å². The number of nitriles is 1. The number of H-pyrrole nitrogens is 1. The molecule has 0 spiro atoms. The minimum absolute atomic E-state index is 0.0698. The van der Waals surface area contributed by atoms with Crippen LogP contribution < -0.4 is 15.0 Å². The van der Waals surface area contributed by atoms with Crippen LogP contribution in [0, 0.1) is 11.3 Å². The summed E-state index contributed by atoms with van der Waals surface area (Å²) < 4.78 is 10.6. The van der Waals surface area contributed by atoms with E-state index in [0.717, 1.165) is 11.1 Å². The molecule has 124 valence electrons. The number of nitrogens with one attached hydrogen (secondary N) is 1. The predicted octanol–water partition coefficient (Wildman–Crippen LogP) is 2.46. The summed E-state index contributed by atoms with van der Waals surface area (Å²) in [6, 6.07) is 7.42. The van der Waals surface area contributed by atoms with E-state index in [4.69, 9.17) is 9.47 Å². The summed E-state index contributed by atoms with van der Waals surface area (Å²) in [6.45, 7) is 0. The molecule has 2 aromatic rings. The SMILES string of the molecule is COc1ccc(-c2c[nH]c(=O)c(C#N)c2C=CN(C)C)cc1OC. The van der Waals surface area contributed by atoms with Crippen LogP contribution in [0.1, 0.15) is 11.1 Å². The third-order valence-electron chi connectivity index (χ3n) is 3.48. The van der Waals surface area contributed by atoms with Crippen molar-refractivity contribution in [3.05, 3.63) is 52.1 Å². The van der Waals surface area contributed by atoms with E-state index in [9.17, 15) is 10.1 Å². The molecule has 0 amide bonds. The van der Waals surface area contributed by atoms with Crippen molar-refractivity contribution in [3.63, 3.8) is 0 Å². The fourth-order valence-corrected chi connectivity index (χ4v) is 2.29. The van der Waals surface area contributed by atoms with Gasteiger partial charge >= 0.3 is 0 Å². The largest absolute Gasteiger partial charge is 0.493 e. The van der Waals surface area contributed by atoms with Crippen molar-refractivity contribution in [1.82, 2.24) is 9.88 Å². The van der Waals surface area contributed by atoms with E-state index in [0.29, 0.717) is 17.1 Å². The van der Waals surface area contributed by atoms with Crippen molar-refractivity contribution in [1.29, 1.82) is 5.26 Å². The first kappa shape index (κ1) is 17.2. The Morgan fingerprint density at radius 1 is 1.21 bits per heavy atom. The Labute approximate surface area is 140 Å². The molecule has 0 bridgehead atoms. The van der Waals surface area contributed by atoms with Gasteiger partial charge in [-0.3, -0.25) is 4.79 Å². The van der Waals surface area contributed by atoms with E-state index in [2.05, 4.69) is 4.98 Å². The molecule has 0 aliphatic rings. The first-order valence-electron chi connectivity index (χ1n) is 7.24. The standard InChI is InChI=1S/C18H19N3O3/c1-21(2)8-7-13-14(10-19)18(22)20-11-15(13)12-5-6-16(23-3)17(9-12)24-4/h5-9,11H,1-4H3,(H,20,22). The van der Waals surface area contributed by atoms with E-state index >= 15 is 0 Å². The number of rotatable bonds is 5. The van der Waals surface area contributed by atoms with E-state index in [1.807, 2.05) is 31.1 Å². The van der Waals surface area contributed by atoms with Crippen molar-refractivity contribution in [2.75, 3.05) is 28.3 Å². The van der Waals surface area contributed by atoms with Gasteiger partial charge in [0.25, 0.3) is 5.56 Å². The molecule has 0 fully saturated rings. The van der Waals surface area contributed by atoms with Gasteiger partial charge in [0.2, 0.25) is 0 Å². The second-order valence-electron chi connectivity index (χ2n) is 5.28. The smallest absolute Gasteiger partial charge is 0.266 e. The monoisotopic (exact) mass is 325 g/mol. The van der Waals surface area contributed by atoms with Crippen molar-refractivity contribution in [2.24, 2.45) is 0 Å². The zero-order chi connectivity index (χ0) is 17.7. The van der Waals surface area contributed by atoms with Gasteiger partial charge in [-0.05, 0) is 30.0 Å². The Hall–Kier alpha value is -3.20. The molecule has 24 heavy (non-hydrogen) atoms. The van der Waals surface area contributed by atoms with Crippen LogP contribution in [0.4, 0.5) is 0 Å². The molecule has 1 heterocycles. The van der Waals surface area contributed by atoms with Crippen LogP contribution in [0.5, 0.6) is 11.5 Å². The molecule has 0 saturated carbocycles. The Morgan fingerprint density at radius 2 is 1.92 bits per heavy atom. The Bertz CT molecular complexity index is 861. The predicted molar refractivity (Wildman–Crippen MR) is 93.0 cm³/mol. The molecule has 0 saturated heterocycles. The van der Waals surface area contributed by atoms with E-state index < -0.39 is 5.56 Å². The molecule has 1 aromatic heterocycles. The summed E-state index contributed by atoms with van der Waals surface area (Å²) in [4.78, 5) is 16.4. The minimum Gasteiger partial charge on any atom is -0.493 e. The summed E-state index contributed by atoms with van der Waals surface area (Å²) >= 11 is 0. The van der Waals surface area contributed by atoms with Crippen molar-refractivity contribution >= 4 is 6.08 Å². The molecule has 0 aliphatic heterocycles. The number of methoxy groups -OCH3 is 2. The number of hydrogen-bond acceptors (Lipinski definition) is 5. The lowest BCUT2D eigenvalue weighted by Gasteiger charge is -2.12. The molecular formula is C18H19N3O3. The van der Waals surface area contributed by atoms with Gasteiger partial charge in [0.15, 0.2) is 11.5 Å². The summed E-state index contributed by atoms with van der Waals surface area (Å²) in [7, 11) is 6.86. The number of aromatic amines is 1. The number of hydrogen-bond donors (Lipinski definition) is 1. The van der Waals surface area contributed by atoms with Crippen molar-refractivity contribution in [2.45, 2.75) is 0 Å². The fourth-order valence-electron chi connectivity index (χ4n) is 2.29. The highest BCUT2D eigenvalue weighted by Gasteiger charge is 2.14. The summed E-state index contributed by atoms with van der Waals surface area (Å²) in [5.41, 5.74) is 1.74. The second kappa shape index (κ2) is 7.38. The van der Waals surface area contributed by atoms with E-state index in [-0.39, 0.29) is 5.56 Å². The number of pyridine rings is 1. The van der Waals surface area contributed by atoms with Gasteiger partial charge in [-0.15, -0.1) is 0 Å². The molecule has 2 rings (SSSR count). The van der Waals surface area contributed by atoms with Crippen LogP contribution in [-0.2, 0) is 0 Å². The fraction of sp³-hybridized carbons (Fsp3) is 0.222. The lowest BCUT2D eigenvalue weighted by atomic mass is 9.98. The number of aromatic nitrogens is 1. The van der Waals surface area contributed by atoms with Crippen LogP contribution in [0.2, 0.25) is 0 Å². The van der Waals surface area contributed by atoms with Crippen molar-refractivity contribution in [3.8, 4) is 28.7 Å². The van der Waals surface area contributed by atoms with Gasteiger partial charge < -0.3 is 19.4 Å². The first-order valence-corrected chi connectivity index (χ1v) is 7.24. The lowest BCUT2D eigenvalue weighted by molar-refractivity contribution is 0.355. The Balaban J connectivity index is 2.71. The maximum Gasteiger partial charge on any atom is 0.266 e. The number of benzene rings is 1. The highest BCUT2D eigenvalue weighted by atomic mass is 16.5. The van der Waals surface area contributed by atoms with Crippen LogP contribution >= 0.6 is 0 Å². The van der Waals surface area contributed by atoms with Crippen molar-refractivity contribution < 1.29 is 9.47 Å². The molecule has 0 aliphatic carbocycles. The van der Waals surface area contributed by atoms with Crippen LogP contribution in [0.3, 0.4) is 0 Å². The third kappa shape index (κ3) is 3.41. The third-order valence-corrected chi connectivity index (χ3v) is 3.48. The summed E-state index contributed by atoms with van der Waals surface area (Å²) in [6.07, 6.45) is 5.14. The van der Waals surface area contributed by atoms with Gasteiger partial charge in [-0.25, -0.2) is 0 Å². The minimum atomic E-state index is -0.417. The average molecular weight is 325 g/mol. The van der Waals surface area contributed by atoms with Gasteiger partial charge in [0.05, 0.1) is 14.2 Å². The van der Waals surface area contributed by atoms with Crippen LogP contribution in [0.15, 0.2) is 35.4 Å². The topological polar surface area (TPSA) is 78.3 Å². The molecule has 1 aromatic carbocycles. The van der Waals surface area contributed by atoms with Gasteiger partial charge in [-0.2, -0.15) is 5.26 Å². The average Bonchev–Trinajstić information content (AvgIpc) is 2.59. The zero-order valence-corrected chi connectivity index (χ0v) is 14.1. The highest BCUT2D eigenvalue weighted by Crippen LogP contribution is 2.34. The van der Waals surface area contributed by atoms with Crippen LogP contribution in [-0.4, -0.2) is 38.2 Å². The van der Waals surface area contributed by atoms with Gasteiger partial charge in [0.1, 0.15) is 11.6 Å². The van der Waals surface area contributed by atoms with Gasteiger partial charge in [-0.1, -0.05) is 6.07 Å². The maximum absolute atomic E-state index is 12.0. The molecular weight excluding hydrogens is 306 g/mol. The van der Waals surface area contributed by atoms with E-state index in [1.54, 1.807) is 44.8 Å². The highest BCUT2D eigenvalue weighted by molar-refractivity contribution is 5.79. The normalized spacial score (nSPS) is 10.5.